The Morgan fingerprint density at radius 1 is 0.974 bits per heavy atom. The van der Waals surface area contributed by atoms with E-state index in [1.807, 2.05) is 47.0 Å². The van der Waals surface area contributed by atoms with Crippen LogP contribution in [0, 0.1) is 0 Å². The Balaban J connectivity index is 1.28. The van der Waals surface area contributed by atoms with Crippen LogP contribution in [0.4, 0.5) is 10.8 Å². The molecule has 0 spiro atoms. The van der Waals surface area contributed by atoms with Crippen molar-refractivity contribution in [3.63, 3.8) is 0 Å². The Morgan fingerprint density at radius 2 is 1.71 bits per heavy atom. The third-order valence-corrected chi connectivity index (χ3v) is 8.54. The first-order valence-corrected chi connectivity index (χ1v) is 14.8. The smallest absolute Gasteiger partial charge is 0.263 e. The van der Waals surface area contributed by atoms with Crippen molar-refractivity contribution in [1.82, 2.24) is 19.7 Å². The molecule has 13 heteroatoms. The van der Waals surface area contributed by atoms with Gasteiger partial charge in [-0.25, -0.2) is 13.4 Å². The van der Waals surface area contributed by atoms with E-state index >= 15 is 0 Å². The van der Waals surface area contributed by atoms with Crippen LogP contribution in [0.2, 0.25) is 5.02 Å². The molecule has 5 rings (SSSR count). The molecule has 192 valence electrons. The van der Waals surface area contributed by atoms with E-state index in [1.165, 1.54) is 53.6 Å². The van der Waals surface area contributed by atoms with Gasteiger partial charge in [-0.15, -0.1) is 21.5 Å². The second-order valence-corrected chi connectivity index (χ2v) is 11.7. The van der Waals surface area contributed by atoms with Gasteiger partial charge in [0.25, 0.3) is 10.0 Å². The highest BCUT2D eigenvalue weighted by Crippen LogP contribution is 2.29. The molecule has 9 nitrogen and oxygen atoms in total. The van der Waals surface area contributed by atoms with Gasteiger partial charge in [-0.2, -0.15) is 0 Å². The van der Waals surface area contributed by atoms with Crippen molar-refractivity contribution in [2.24, 2.45) is 0 Å². The third-order valence-electron chi connectivity index (χ3n) is 5.18. The molecule has 0 aliphatic rings. The normalized spacial score (nSPS) is 11.3. The second kappa shape index (κ2) is 11.4. The van der Waals surface area contributed by atoms with Crippen molar-refractivity contribution in [3.05, 3.63) is 95.5 Å². The van der Waals surface area contributed by atoms with Crippen LogP contribution >= 0.6 is 34.7 Å². The van der Waals surface area contributed by atoms with Crippen LogP contribution in [0.3, 0.4) is 0 Å². The summed E-state index contributed by atoms with van der Waals surface area (Å²) < 4.78 is 29.3. The number of carbonyl (C=O) groups excluding carboxylic acids is 1. The van der Waals surface area contributed by atoms with Gasteiger partial charge < -0.3 is 5.32 Å². The largest absolute Gasteiger partial charge is 0.325 e. The molecule has 0 radical (unpaired) electrons. The molecule has 5 aromatic rings. The molecule has 2 heterocycles. The van der Waals surface area contributed by atoms with Gasteiger partial charge in [0.15, 0.2) is 16.1 Å². The SMILES string of the molecule is O=C(CSc1nnc(-c2ccccc2)n1-c1ccc(Cl)cc1)Nc1ccc(S(=O)(=O)Nc2nccs2)cc1. The fourth-order valence-electron chi connectivity index (χ4n) is 3.45. The lowest BCUT2D eigenvalue weighted by Gasteiger charge is -2.11. The predicted molar refractivity (Wildman–Crippen MR) is 151 cm³/mol. The van der Waals surface area contributed by atoms with Gasteiger partial charge in [0, 0.05) is 33.5 Å². The first kappa shape index (κ1) is 25.9. The van der Waals surface area contributed by atoms with Crippen molar-refractivity contribution in [1.29, 1.82) is 0 Å². The van der Waals surface area contributed by atoms with E-state index in [9.17, 15) is 13.2 Å². The maximum absolute atomic E-state index is 12.7. The minimum Gasteiger partial charge on any atom is -0.325 e. The van der Waals surface area contributed by atoms with Crippen molar-refractivity contribution in [2.45, 2.75) is 10.1 Å². The van der Waals surface area contributed by atoms with Gasteiger partial charge in [0.05, 0.1) is 10.6 Å². The summed E-state index contributed by atoms with van der Waals surface area (Å²) in [4.78, 5) is 16.7. The number of nitrogens with one attached hydrogen (secondary N) is 2. The highest BCUT2D eigenvalue weighted by molar-refractivity contribution is 7.99. The Labute approximate surface area is 232 Å². The summed E-state index contributed by atoms with van der Waals surface area (Å²) in [6.07, 6.45) is 1.51. The van der Waals surface area contributed by atoms with Gasteiger partial charge in [0.2, 0.25) is 5.91 Å². The first-order valence-electron chi connectivity index (χ1n) is 11.1. The lowest BCUT2D eigenvalue weighted by molar-refractivity contribution is -0.113. The molecule has 2 N–H and O–H groups in total. The van der Waals surface area contributed by atoms with Crippen molar-refractivity contribution in [3.8, 4) is 17.1 Å². The molecule has 2 aromatic heterocycles. The molecule has 0 bridgehead atoms. The van der Waals surface area contributed by atoms with Crippen molar-refractivity contribution < 1.29 is 13.2 Å². The predicted octanol–water partition coefficient (Wildman–Crippen LogP) is 5.58. The summed E-state index contributed by atoms with van der Waals surface area (Å²) in [5.41, 5.74) is 2.16. The molecule has 0 atom stereocenters. The summed E-state index contributed by atoms with van der Waals surface area (Å²) in [6, 6.07) is 22.8. The second-order valence-electron chi connectivity index (χ2n) is 7.79. The lowest BCUT2D eigenvalue weighted by atomic mass is 10.2. The molecule has 0 unspecified atom stereocenters. The van der Waals surface area contributed by atoms with Gasteiger partial charge >= 0.3 is 0 Å². The van der Waals surface area contributed by atoms with E-state index in [-0.39, 0.29) is 21.7 Å². The summed E-state index contributed by atoms with van der Waals surface area (Å²) in [6.45, 7) is 0. The lowest BCUT2D eigenvalue weighted by Crippen LogP contribution is -2.15. The summed E-state index contributed by atoms with van der Waals surface area (Å²) >= 11 is 8.49. The number of sulfonamides is 1. The third kappa shape index (κ3) is 6.05. The highest BCUT2D eigenvalue weighted by Gasteiger charge is 2.18. The molecule has 0 fully saturated rings. The average molecular weight is 583 g/mol. The summed E-state index contributed by atoms with van der Waals surface area (Å²) in [5, 5.41) is 14.6. The Bertz CT molecular complexity index is 1640. The number of hydrogen-bond acceptors (Lipinski definition) is 8. The highest BCUT2D eigenvalue weighted by atomic mass is 35.5. The Hall–Kier alpha value is -3.71. The molecular weight excluding hydrogens is 564 g/mol. The number of benzene rings is 3. The van der Waals surface area contributed by atoms with E-state index in [4.69, 9.17) is 11.6 Å². The number of aromatic nitrogens is 4. The fraction of sp³-hybridized carbons (Fsp3) is 0.0400. The molecule has 0 saturated heterocycles. The fourth-order valence-corrected chi connectivity index (χ4v) is 6.12. The maximum Gasteiger partial charge on any atom is 0.263 e. The van der Waals surface area contributed by atoms with E-state index in [2.05, 4.69) is 25.2 Å². The first-order chi connectivity index (χ1) is 18.4. The zero-order valence-corrected chi connectivity index (χ0v) is 22.7. The minimum atomic E-state index is -3.77. The van der Waals surface area contributed by atoms with Crippen LogP contribution in [0.1, 0.15) is 0 Å². The molecule has 3 aromatic carbocycles. The number of thioether (sulfide) groups is 1. The van der Waals surface area contributed by atoms with E-state index in [0.717, 1.165) is 11.3 Å². The zero-order chi connectivity index (χ0) is 26.5. The standard InChI is InChI=1S/C25H19ClN6O3S3/c26-18-6-10-20(11-7-18)32-23(17-4-2-1-3-5-17)29-30-25(32)37-16-22(33)28-19-8-12-21(13-9-19)38(34,35)31-24-27-14-15-36-24/h1-15H,16H2,(H,27,31)(H,28,33). The van der Waals surface area contributed by atoms with Gasteiger partial charge in [-0.3, -0.25) is 14.1 Å². The van der Waals surface area contributed by atoms with Crippen LogP contribution in [-0.2, 0) is 14.8 Å². The minimum absolute atomic E-state index is 0.0598. The molecule has 0 aliphatic carbocycles. The van der Waals surface area contributed by atoms with Gasteiger partial charge in [-0.05, 0) is 48.5 Å². The zero-order valence-electron chi connectivity index (χ0n) is 19.5. The quantitative estimate of drug-likeness (QED) is 0.218. The number of amides is 1. The van der Waals surface area contributed by atoms with Crippen LogP contribution in [0.15, 0.2) is 100 Å². The maximum atomic E-state index is 12.7. The molecule has 1 amide bonds. The number of hydrogen-bond donors (Lipinski definition) is 2. The van der Waals surface area contributed by atoms with Crippen LogP contribution in [-0.4, -0.2) is 39.8 Å². The van der Waals surface area contributed by atoms with Crippen LogP contribution in [0.5, 0.6) is 0 Å². The Kier molecular flexibility index (Phi) is 7.74. The number of thiazole rings is 1. The van der Waals surface area contributed by atoms with Crippen molar-refractivity contribution >= 4 is 61.4 Å². The number of halogens is 1. The molecule has 38 heavy (non-hydrogen) atoms. The summed E-state index contributed by atoms with van der Waals surface area (Å²) in [7, 11) is -3.77. The van der Waals surface area contributed by atoms with Crippen LogP contribution in [0.25, 0.3) is 17.1 Å². The topological polar surface area (TPSA) is 119 Å². The number of nitrogens with zero attached hydrogens (tertiary/aromatic N) is 4. The average Bonchev–Trinajstić information content (AvgIpc) is 3.58. The van der Waals surface area contributed by atoms with Gasteiger partial charge in [0.1, 0.15) is 0 Å². The van der Waals surface area contributed by atoms with E-state index < -0.39 is 10.0 Å². The van der Waals surface area contributed by atoms with E-state index in [0.29, 0.717) is 21.7 Å². The Morgan fingerprint density at radius 3 is 2.39 bits per heavy atom. The number of anilines is 2. The molecular formula is C25H19ClN6O3S3. The van der Waals surface area contributed by atoms with E-state index in [1.54, 1.807) is 17.5 Å². The molecule has 0 aliphatic heterocycles. The van der Waals surface area contributed by atoms with Crippen molar-refractivity contribution in [2.75, 3.05) is 15.8 Å². The summed E-state index contributed by atoms with van der Waals surface area (Å²) in [5.74, 6) is 0.420. The van der Waals surface area contributed by atoms with Crippen LogP contribution < -0.4 is 10.0 Å². The number of carbonyl (C=O) groups is 1. The number of rotatable bonds is 9. The monoisotopic (exact) mass is 582 g/mol. The molecule has 0 saturated carbocycles. The van der Waals surface area contributed by atoms with Gasteiger partial charge in [-0.1, -0.05) is 53.7 Å².